The molecule has 1 N–H and O–H groups in total. The summed E-state index contributed by atoms with van der Waals surface area (Å²) in [5.74, 6) is 1.31. The number of carbonyl (C=O) groups is 1. The van der Waals surface area contributed by atoms with Gasteiger partial charge in [-0.15, -0.1) is 0 Å². The molecule has 36 heavy (non-hydrogen) atoms. The number of phenolic OH excluding ortho intramolecular Hbond substituents is 1. The van der Waals surface area contributed by atoms with Gasteiger partial charge in [0.05, 0.1) is 0 Å². The molecule has 0 amide bonds. The number of hydrogen-bond acceptors (Lipinski definition) is 6. The molecule has 0 aromatic heterocycles. The number of nitrogens with zero attached hydrogens (tertiary/aromatic N) is 2. The summed E-state index contributed by atoms with van der Waals surface area (Å²) in [4.78, 5) is 16.8. The molecule has 2 aliphatic carbocycles. The number of aromatic hydroxyl groups is 1. The van der Waals surface area contributed by atoms with E-state index in [1.165, 1.54) is 18.1 Å². The number of ether oxygens (including phenoxy) is 2. The Morgan fingerprint density at radius 2 is 2.17 bits per heavy atom. The minimum atomic E-state index is -0.360. The molecular weight excluding hydrogens is 452 g/mol. The van der Waals surface area contributed by atoms with Gasteiger partial charge in [-0.2, -0.15) is 0 Å². The molecule has 6 rings (SSSR count). The second-order valence-corrected chi connectivity index (χ2v) is 11.3. The average molecular weight is 489 g/mol. The first-order chi connectivity index (χ1) is 17.3. The zero-order valence-electron chi connectivity index (χ0n) is 21.7. The molecule has 6 heteroatoms. The summed E-state index contributed by atoms with van der Waals surface area (Å²) in [6, 6.07) is 10.8. The van der Waals surface area contributed by atoms with Crippen molar-refractivity contribution < 1.29 is 19.4 Å². The Morgan fingerprint density at radius 1 is 1.33 bits per heavy atom. The molecule has 1 saturated heterocycles. The van der Waals surface area contributed by atoms with Crippen LogP contribution in [0.25, 0.3) is 6.08 Å². The smallest absolute Gasteiger partial charge is 0.308 e. The Labute approximate surface area is 213 Å². The number of esters is 1. The number of hydrogen-bond donors (Lipinski definition) is 1. The van der Waals surface area contributed by atoms with Crippen LogP contribution in [0.1, 0.15) is 48.4 Å². The van der Waals surface area contributed by atoms with Crippen molar-refractivity contribution in [3.8, 4) is 17.2 Å². The van der Waals surface area contributed by atoms with Crippen molar-refractivity contribution in [3.05, 3.63) is 58.7 Å². The van der Waals surface area contributed by atoms with Gasteiger partial charge in [0.1, 0.15) is 11.9 Å². The van der Waals surface area contributed by atoms with Gasteiger partial charge in [-0.25, -0.2) is 0 Å². The zero-order chi connectivity index (χ0) is 25.2. The molecule has 1 saturated carbocycles. The highest BCUT2D eigenvalue weighted by Crippen LogP contribution is 2.65. The van der Waals surface area contributed by atoms with Crippen LogP contribution in [0.15, 0.2) is 36.4 Å². The third-order valence-corrected chi connectivity index (χ3v) is 9.22. The zero-order valence-corrected chi connectivity index (χ0v) is 21.7. The van der Waals surface area contributed by atoms with Gasteiger partial charge in [0, 0.05) is 48.2 Å². The maximum absolute atomic E-state index is 11.9. The van der Waals surface area contributed by atoms with Gasteiger partial charge in [0.15, 0.2) is 11.5 Å². The van der Waals surface area contributed by atoms with Crippen LogP contribution < -0.4 is 9.47 Å². The summed E-state index contributed by atoms with van der Waals surface area (Å²) in [5, 5.41) is 11.0. The lowest BCUT2D eigenvalue weighted by atomic mass is 9.51. The van der Waals surface area contributed by atoms with Crippen LogP contribution in [0.2, 0.25) is 0 Å². The average Bonchev–Trinajstić information content (AvgIpc) is 3.18. The normalized spacial score (nSPS) is 30.4. The Kier molecular flexibility index (Phi) is 5.65. The van der Waals surface area contributed by atoms with Crippen LogP contribution in [-0.4, -0.2) is 66.2 Å². The van der Waals surface area contributed by atoms with E-state index >= 15 is 0 Å². The van der Waals surface area contributed by atoms with Crippen LogP contribution in [0.4, 0.5) is 0 Å². The molecule has 0 unspecified atom stereocenters. The van der Waals surface area contributed by atoms with Crippen molar-refractivity contribution in [2.24, 2.45) is 5.92 Å². The highest BCUT2D eigenvalue weighted by atomic mass is 16.5. The van der Waals surface area contributed by atoms with E-state index in [1.54, 1.807) is 6.07 Å². The van der Waals surface area contributed by atoms with Crippen molar-refractivity contribution in [2.75, 3.05) is 27.2 Å². The number of carbonyl (C=O) groups excluding carboxylic acids is 1. The Bertz CT molecular complexity index is 1240. The lowest BCUT2D eigenvalue weighted by molar-refractivity contribution is -0.132. The fourth-order valence-corrected chi connectivity index (χ4v) is 7.72. The van der Waals surface area contributed by atoms with Gasteiger partial charge in [-0.1, -0.05) is 42.0 Å². The van der Waals surface area contributed by atoms with Crippen LogP contribution in [0, 0.1) is 12.8 Å². The molecule has 2 aromatic carbocycles. The van der Waals surface area contributed by atoms with E-state index in [0.29, 0.717) is 23.5 Å². The van der Waals surface area contributed by atoms with Crippen molar-refractivity contribution in [3.63, 3.8) is 0 Å². The summed E-state index contributed by atoms with van der Waals surface area (Å²) < 4.78 is 12.4. The first-order valence-corrected chi connectivity index (χ1v) is 13.2. The van der Waals surface area contributed by atoms with E-state index in [0.717, 1.165) is 49.9 Å². The number of aryl methyl sites for hydroxylation is 1. The van der Waals surface area contributed by atoms with E-state index in [1.807, 2.05) is 0 Å². The topological polar surface area (TPSA) is 62.2 Å². The van der Waals surface area contributed by atoms with Crippen molar-refractivity contribution in [1.29, 1.82) is 0 Å². The molecule has 2 fully saturated rings. The van der Waals surface area contributed by atoms with E-state index in [2.05, 4.69) is 67.2 Å². The van der Waals surface area contributed by atoms with Crippen molar-refractivity contribution >= 4 is 12.0 Å². The van der Waals surface area contributed by atoms with Gasteiger partial charge in [0.2, 0.25) is 0 Å². The highest BCUT2D eigenvalue weighted by Gasteiger charge is 2.66. The fourth-order valence-electron chi connectivity index (χ4n) is 7.72. The Balaban J connectivity index is 1.36. The number of rotatable bonds is 5. The molecule has 5 atom stereocenters. The first-order valence-electron chi connectivity index (χ1n) is 13.2. The number of piperidine rings is 1. The van der Waals surface area contributed by atoms with Crippen LogP contribution in [0.3, 0.4) is 0 Å². The monoisotopic (exact) mass is 488 g/mol. The van der Waals surface area contributed by atoms with Gasteiger partial charge in [-0.3, -0.25) is 9.69 Å². The SMILES string of the molecule is CC(=O)Oc1cc(O)c2c3c1C[C@@H]1[C@@H]4CC[C@@H](N(C)CC=Cc5cccc(C)c5)[C@H](O2)[C@]34CCN1C. The molecule has 2 heterocycles. The third-order valence-electron chi connectivity index (χ3n) is 9.22. The maximum atomic E-state index is 11.9. The minimum absolute atomic E-state index is 0.0302. The number of phenols is 1. The molecule has 6 nitrogen and oxygen atoms in total. The summed E-state index contributed by atoms with van der Waals surface area (Å²) in [6.45, 7) is 5.37. The van der Waals surface area contributed by atoms with E-state index < -0.39 is 0 Å². The largest absolute Gasteiger partial charge is 0.504 e. The van der Waals surface area contributed by atoms with E-state index in [-0.39, 0.29) is 29.3 Å². The predicted molar refractivity (Wildman–Crippen MR) is 140 cm³/mol. The molecule has 0 radical (unpaired) electrons. The molecule has 2 bridgehead atoms. The summed E-state index contributed by atoms with van der Waals surface area (Å²) in [5.41, 5.74) is 4.49. The number of likely N-dealkylation sites (N-methyl/N-ethyl adjacent to an activating group) is 2. The van der Waals surface area contributed by atoms with Crippen molar-refractivity contribution in [1.82, 2.24) is 9.80 Å². The van der Waals surface area contributed by atoms with Gasteiger partial charge in [-0.05, 0) is 64.7 Å². The van der Waals surface area contributed by atoms with Gasteiger partial charge < -0.3 is 19.5 Å². The molecule has 190 valence electrons. The predicted octanol–water partition coefficient (Wildman–Crippen LogP) is 4.31. The summed E-state index contributed by atoms with van der Waals surface area (Å²) in [7, 11) is 4.41. The quantitative estimate of drug-likeness (QED) is 0.500. The van der Waals surface area contributed by atoms with E-state index in [9.17, 15) is 9.90 Å². The van der Waals surface area contributed by atoms with Crippen LogP contribution in [0.5, 0.6) is 17.2 Å². The second kappa shape index (κ2) is 8.63. The number of benzene rings is 2. The first kappa shape index (κ1) is 23.6. The van der Waals surface area contributed by atoms with Crippen molar-refractivity contribution in [2.45, 2.75) is 63.1 Å². The Morgan fingerprint density at radius 3 is 2.94 bits per heavy atom. The number of likely N-dealkylation sites (tertiary alicyclic amines) is 1. The molecule has 2 aliphatic heterocycles. The molecule has 2 aromatic rings. The Hall–Kier alpha value is -2.83. The van der Waals surface area contributed by atoms with Crippen LogP contribution >= 0.6 is 0 Å². The molecular formula is C30H36N2O4. The van der Waals surface area contributed by atoms with Crippen LogP contribution in [-0.2, 0) is 16.6 Å². The lowest BCUT2D eigenvalue weighted by Gasteiger charge is -2.59. The highest BCUT2D eigenvalue weighted by molar-refractivity contribution is 5.73. The lowest BCUT2D eigenvalue weighted by Crippen LogP contribution is -2.68. The molecule has 4 aliphatic rings. The second-order valence-electron chi connectivity index (χ2n) is 11.3. The standard InChI is InChI=1S/C30H36N2O4/c1-18-7-5-8-20(15-18)9-6-13-31(3)23-11-10-22-24-16-21-26(35-19(2)33)17-25(34)28-27(21)30(22,29(23)36-28)12-14-32(24)4/h5-9,15,17,22-24,29,34H,10-14,16H2,1-4H3/t22-,23+,24+,29-,30-/m0/s1. The van der Waals surface area contributed by atoms with Gasteiger partial charge >= 0.3 is 5.97 Å². The maximum Gasteiger partial charge on any atom is 0.308 e. The third kappa shape index (κ3) is 3.49. The fraction of sp³-hybridized carbons (Fsp3) is 0.500. The van der Waals surface area contributed by atoms with Gasteiger partial charge in [0.25, 0.3) is 0 Å². The molecule has 1 spiro atoms. The minimum Gasteiger partial charge on any atom is -0.504 e. The van der Waals surface area contributed by atoms with E-state index in [4.69, 9.17) is 9.47 Å². The summed E-state index contributed by atoms with van der Waals surface area (Å²) >= 11 is 0. The summed E-state index contributed by atoms with van der Waals surface area (Å²) in [6.07, 6.45) is 8.41.